The Morgan fingerprint density at radius 1 is 1.19 bits per heavy atom. The number of anilines is 1. The second kappa shape index (κ2) is 7.34. The number of hydrogen-bond donors (Lipinski definition) is 3. The summed E-state index contributed by atoms with van der Waals surface area (Å²) in [7, 11) is 1.23. The molecule has 2 aromatic carbocycles. The van der Waals surface area contributed by atoms with Gasteiger partial charge in [0.2, 0.25) is 0 Å². The number of carboxylic acids is 1. The topological polar surface area (TPSA) is 105 Å². The molecule has 4 N–H and O–H groups in total. The van der Waals surface area contributed by atoms with Crippen molar-refractivity contribution in [3.8, 4) is 0 Å². The van der Waals surface area contributed by atoms with Gasteiger partial charge in [-0.15, -0.1) is 0 Å². The number of rotatable bonds is 4. The average molecular weight is 405 g/mol. The Balaban J connectivity index is 2.33. The van der Waals surface area contributed by atoms with E-state index in [0.717, 1.165) is 0 Å². The first kappa shape index (κ1) is 18.8. The number of carbonyl (C=O) groups excluding carboxylic acids is 1. The standard InChI is InChI=1S/C19H14Cl2N2O4/c1-27-19(26)17-13(16-14(21)6-10(20)7-15(16)23-17)8-12(18(24)25)9-2-4-11(22)5-3-9/h2-8,23H,22H2,1H3,(H,24,25). The van der Waals surface area contributed by atoms with Crippen LogP contribution in [0.5, 0.6) is 0 Å². The SMILES string of the molecule is COC(=O)c1[nH]c2cc(Cl)cc(Cl)c2c1C=C(C(=O)O)c1ccc(N)cc1. The summed E-state index contributed by atoms with van der Waals surface area (Å²) in [4.78, 5) is 27.0. The number of nitrogens with two attached hydrogens (primary N) is 1. The highest BCUT2D eigenvalue weighted by Gasteiger charge is 2.22. The van der Waals surface area contributed by atoms with Crippen LogP contribution < -0.4 is 5.73 Å². The Morgan fingerprint density at radius 3 is 2.44 bits per heavy atom. The summed E-state index contributed by atoms with van der Waals surface area (Å²) in [6.07, 6.45) is 1.37. The van der Waals surface area contributed by atoms with E-state index < -0.39 is 11.9 Å². The molecule has 6 nitrogen and oxygen atoms in total. The lowest BCUT2D eigenvalue weighted by Crippen LogP contribution is -2.05. The van der Waals surface area contributed by atoms with E-state index in [1.807, 2.05) is 0 Å². The van der Waals surface area contributed by atoms with Gasteiger partial charge in [0.25, 0.3) is 0 Å². The highest BCUT2D eigenvalue weighted by Crippen LogP contribution is 2.35. The molecule has 1 aromatic heterocycles. The molecule has 3 aromatic rings. The molecule has 27 heavy (non-hydrogen) atoms. The van der Waals surface area contributed by atoms with Gasteiger partial charge in [0.05, 0.1) is 17.7 Å². The number of aliphatic carboxylic acids is 1. The van der Waals surface area contributed by atoms with Crippen LogP contribution in [0.2, 0.25) is 10.0 Å². The van der Waals surface area contributed by atoms with E-state index in [9.17, 15) is 14.7 Å². The summed E-state index contributed by atoms with van der Waals surface area (Å²) in [5.74, 6) is -1.83. The van der Waals surface area contributed by atoms with Gasteiger partial charge in [-0.3, -0.25) is 0 Å². The van der Waals surface area contributed by atoms with E-state index in [4.69, 9.17) is 33.7 Å². The predicted molar refractivity (Wildman–Crippen MR) is 106 cm³/mol. The molecule has 0 aliphatic rings. The maximum Gasteiger partial charge on any atom is 0.355 e. The summed E-state index contributed by atoms with van der Waals surface area (Å²) in [6, 6.07) is 9.46. The van der Waals surface area contributed by atoms with Crippen molar-refractivity contribution >= 4 is 63.4 Å². The van der Waals surface area contributed by atoms with Crippen LogP contribution in [0.1, 0.15) is 21.6 Å². The number of methoxy groups -OCH3 is 1. The molecule has 0 spiro atoms. The molecule has 0 unspecified atom stereocenters. The number of aromatic nitrogens is 1. The molecular weight excluding hydrogens is 391 g/mol. The van der Waals surface area contributed by atoms with Crippen molar-refractivity contribution in [2.75, 3.05) is 12.8 Å². The van der Waals surface area contributed by atoms with Crippen LogP contribution in [0.15, 0.2) is 36.4 Å². The van der Waals surface area contributed by atoms with E-state index in [0.29, 0.717) is 32.7 Å². The predicted octanol–water partition coefficient (Wildman–Crippen LogP) is 4.47. The number of carbonyl (C=O) groups is 2. The number of halogens is 2. The number of hydrogen-bond acceptors (Lipinski definition) is 4. The lowest BCUT2D eigenvalue weighted by Gasteiger charge is -2.06. The van der Waals surface area contributed by atoms with Gasteiger partial charge in [-0.1, -0.05) is 35.3 Å². The van der Waals surface area contributed by atoms with Gasteiger partial charge in [0, 0.05) is 27.2 Å². The maximum absolute atomic E-state index is 12.2. The molecule has 0 saturated carbocycles. The third-order valence-electron chi connectivity index (χ3n) is 3.98. The molecule has 3 rings (SSSR count). The molecule has 0 aliphatic carbocycles. The Kier molecular flexibility index (Phi) is 5.12. The molecule has 138 valence electrons. The van der Waals surface area contributed by atoms with Crippen molar-refractivity contribution in [3.63, 3.8) is 0 Å². The third kappa shape index (κ3) is 3.63. The van der Waals surface area contributed by atoms with Gasteiger partial charge < -0.3 is 20.6 Å². The summed E-state index contributed by atoms with van der Waals surface area (Å²) in [6.45, 7) is 0. The van der Waals surface area contributed by atoms with Crippen molar-refractivity contribution in [2.45, 2.75) is 0 Å². The van der Waals surface area contributed by atoms with Crippen LogP contribution in [0.4, 0.5) is 5.69 Å². The lowest BCUT2D eigenvalue weighted by atomic mass is 10.0. The second-order valence-electron chi connectivity index (χ2n) is 5.70. The van der Waals surface area contributed by atoms with Crippen LogP contribution in [-0.2, 0) is 9.53 Å². The Bertz CT molecular complexity index is 1090. The minimum Gasteiger partial charge on any atom is -0.478 e. The van der Waals surface area contributed by atoms with Crippen LogP contribution in [0.25, 0.3) is 22.6 Å². The molecule has 0 bridgehead atoms. The van der Waals surface area contributed by atoms with E-state index >= 15 is 0 Å². The zero-order valence-corrected chi connectivity index (χ0v) is 15.6. The summed E-state index contributed by atoms with van der Waals surface area (Å²) in [5, 5.41) is 10.8. The number of nitrogens with one attached hydrogen (secondary N) is 1. The highest BCUT2D eigenvalue weighted by molar-refractivity contribution is 6.39. The fourth-order valence-electron chi connectivity index (χ4n) is 2.76. The molecule has 8 heteroatoms. The minimum absolute atomic E-state index is 0.0351. The number of nitrogen functional groups attached to an aromatic ring is 1. The van der Waals surface area contributed by atoms with E-state index in [-0.39, 0.29) is 16.3 Å². The smallest absolute Gasteiger partial charge is 0.355 e. The van der Waals surface area contributed by atoms with Crippen molar-refractivity contribution in [2.24, 2.45) is 0 Å². The second-order valence-corrected chi connectivity index (χ2v) is 6.54. The molecule has 0 atom stereocenters. The fourth-order valence-corrected chi connectivity index (χ4v) is 3.35. The van der Waals surface area contributed by atoms with Crippen LogP contribution in [0, 0.1) is 0 Å². The van der Waals surface area contributed by atoms with Crippen LogP contribution in [0.3, 0.4) is 0 Å². The first-order valence-electron chi connectivity index (χ1n) is 7.71. The molecular formula is C19H14Cl2N2O4. The Hall–Kier alpha value is -2.96. The number of benzene rings is 2. The zero-order valence-electron chi connectivity index (χ0n) is 14.0. The number of aromatic amines is 1. The van der Waals surface area contributed by atoms with E-state index in [1.165, 1.54) is 19.3 Å². The van der Waals surface area contributed by atoms with Crippen LogP contribution in [-0.4, -0.2) is 29.1 Å². The molecule has 0 fully saturated rings. The largest absolute Gasteiger partial charge is 0.478 e. The van der Waals surface area contributed by atoms with Gasteiger partial charge >= 0.3 is 11.9 Å². The number of carboxylic acid groups (broad SMARTS) is 1. The van der Waals surface area contributed by atoms with Crippen molar-refractivity contribution < 1.29 is 19.4 Å². The Labute approximate surface area is 164 Å². The Morgan fingerprint density at radius 2 is 1.85 bits per heavy atom. The van der Waals surface area contributed by atoms with Crippen LogP contribution >= 0.6 is 23.2 Å². The van der Waals surface area contributed by atoms with Crippen molar-refractivity contribution in [1.82, 2.24) is 4.98 Å². The van der Waals surface area contributed by atoms with Gasteiger partial charge in [0.15, 0.2) is 0 Å². The first-order valence-corrected chi connectivity index (χ1v) is 8.47. The minimum atomic E-state index is -1.17. The summed E-state index contributed by atoms with van der Waals surface area (Å²) < 4.78 is 4.80. The van der Waals surface area contributed by atoms with E-state index in [2.05, 4.69) is 4.98 Å². The van der Waals surface area contributed by atoms with Gasteiger partial charge in [-0.25, -0.2) is 9.59 Å². The van der Waals surface area contributed by atoms with Gasteiger partial charge in [-0.2, -0.15) is 0 Å². The monoisotopic (exact) mass is 404 g/mol. The summed E-state index contributed by atoms with van der Waals surface area (Å²) in [5.41, 5.74) is 7.42. The zero-order chi connectivity index (χ0) is 19.7. The average Bonchev–Trinajstić information content (AvgIpc) is 2.98. The highest BCUT2D eigenvalue weighted by atomic mass is 35.5. The van der Waals surface area contributed by atoms with Crippen molar-refractivity contribution in [3.05, 3.63) is 63.3 Å². The first-order chi connectivity index (χ1) is 12.8. The lowest BCUT2D eigenvalue weighted by molar-refractivity contribution is -0.130. The quantitative estimate of drug-likeness (QED) is 0.338. The number of fused-ring (bicyclic) bond motifs is 1. The van der Waals surface area contributed by atoms with Crippen molar-refractivity contribution in [1.29, 1.82) is 0 Å². The molecule has 0 amide bonds. The van der Waals surface area contributed by atoms with Gasteiger partial charge in [-0.05, 0) is 35.9 Å². The number of esters is 1. The third-order valence-corrected chi connectivity index (χ3v) is 4.50. The van der Waals surface area contributed by atoms with Gasteiger partial charge in [0.1, 0.15) is 5.69 Å². The normalized spacial score (nSPS) is 11.6. The molecule has 0 radical (unpaired) electrons. The summed E-state index contributed by atoms with van der Waals surface area (Å²) >= 11 is 12.3. The molecule has 0 saturated heterocycles. The number of ether oxygens (including phenoxy) is 1. The van der Waals surface area contributed by atoms with E-state index in [1.54, 1.807) is 30.3 Å². The fraction of sp³-hybridized carbons (Fsp3) is 0.0526. The molecule has 1 heterocycles. The molecule has 0 aliphatic heterocycles. The maximum atomic E-state index is 12.2. The number of H-pyrrole nitrogens is 1.